The predicted octanol–water partition coefficient (Wildman–Crippen LogP) is 1.84. The summed E-state index contributed by atoms with van der Waals surface area (Å²) < 4.78 is 0. The summed E-state index contributed by atoms with van der Waals surface area (Å²) in [5.41, 5.74) is 3.54. The van der Waals surface area contributed by atoms with Gasteiger partial charge in [-0.3, -0.25) is 15.1 Å². The third-order valence-corrected chi connectivity index (χ3v) is 4.53. The Balaban J connectivity index is 1.88. The first-order chi connectivity index (χ1) is 10.2. The number of carbonyl (C=O) groups excluding carboxylic acids is 1. The van der Waals surface area contributed by atoms with Crippen LogP contribution >= 0.6 is 0 Å². The van der Waals surface area contributed by atoms with Gasteiger partial charge in [-0.15, -0.1) is 0 Å². The van der Waals surface area contributed by atoms with Crippen molar-refractivity contribution in [2.45, 2.75) is 19.0 Å². The number of rotatable bonds is 1. The molecule has 0 aliphatic carbocycles. The van der Waals surface area contributed by atoms with Crippen molar-refractivity contribution in [2.24, 2.45) is 0 Å². The molecule has 1 N–H and O–H groups in total. The van der Waals surface area contributed by atoms with Crippen LogP contribution in [0, 0.1) is 6.92 Å². The number of aryl methyl sites for hydroxylation is 1. The fourth-order valence-corrected chi connectivity index (χ4v) is 3.44. The van der Waals surface area contributed by atoms with Gasteiger partial charge in [-0.1, -0.05) is 29.8 Å². The summed E-state index contributed by atoms with van der Waals surface area (Å²) in [5, 5.41) is 3.54. The second-order valence-corrected chi connectivity index (χ2v) is 5.78. The van der Waals surface area contributed by atoms with E-state index in [1.54, 1.807) is 6.20 Å². The fourth-order valence-electron chi connectivity index (χ4n) is 3.44. The molecule has 3 heterocycles. The van der Waals surface area contributed by atoms with Crippen molar-refractivity contribution in [3.8, 4) is 0 Å². The monoisotopic (exact) mass is 279 g/mol. The van der Waals surface area contributed by atoms with Gasteiger partial charge in [0.2, 0.25) is 0 Å². The minimum Gasteiger partial charge on any atom is -0.314 e. The molecule has 106 valence electrons. The van der Waals surface area contributed by atoms with Gasteiger partial charge in [0.1, 0.15) is 5.66 Å². The molecule has 2 aliphatic heterocycles. The molecular formula is C17H17N3O. The van der Waals surface area contributed by atoms with E-state index in [4.69, 9.17) is 0 Å². The topological polar surface area (TPSA) is 45.2 Å². The van der Waals surface area contributed by atoms with Crippen molar-refractivity contribution in [2.75, 3.05) is 13.1 Å². The number of aromatic nitrogens is 1. The second kappa shape index (κ2) is 4.40. The highest BCUT2D eigenvalue weighted by atomic mass is 16.2. The molecule has 1 amide bonds. The van der Waals surface area contributed by atoms with Crippen molar-refractivity contribution in [1.82, 2.24) is 15.2 Å². The summed E-state index contributed by atoms with van der Waals surface area (Å²) in [5.74, 6) is 0.0786. The molecule has 2 aliphatic rings. The minimum atomic E-state index is -0.438. The van der Waals surface area contributed by atoms with Crippen LogP contribution in [-0.4, -0.2) is 28.9 Å². The molecule has 0 bridgehead atoms. The van der Waals surface area contributed by atoms with E-state index >= 15 is 0 Å². The molecule has 1 unspecified atom stereocenters. The van der Waals surface area contributed by atoms with Crippen LogP contribution in [0.5, 0.6) is 0 Å². The lowest BCUT2D eigenvalue weighted by Crippen LogP contribution is -2.55. The lowest BCUT2D eigenvalue weighted by molar-refractivity contribution is 0.0498. The molecule has 0 radical (unpaired) electrons. The number of hydrogen-bond donors (Lipinski definition) is 1. The molecule has 1 aromatic carbocycles. The maximum Gasteiger partial charge on any atom is 0.257 e. The largest absolute Gasteiger partial charge is 0.314 e. The maximum atomic E-state index is 12.8. The Morgan fingerprint density at radius 1 is 1.24 bits per heavy atom. The van der Waals surface area contributed by atoms with Crippen LogP contribution < -0.4 is 5.32 Å². The van der Waals surface area contributed by atoms with Crippen LogP contribution in [0.4, 0.5) is 0 Å². The Hall–Kier alpha value is -2.20. The zero-order valence-corrected chi connectivity index (χ0v) is 12.0. The van der Waals surface area contributed by atoms with E-state index in [0.29, 0.717) is 0 Å². The molecule has 1 saturated heterocycles. The number of hydrogen-bond acceptors (Lipinski definition) is 3. The summed E-state index contributed by atoms with van der Waals surface area (Å²) in [6.45, 7) is 3.62. The lowest BCUT2D eigenvalue weighted by atomic mass is 9.87. The number of carbonyl (C=O) groups is 1. The third-order valence-electron chi connectivity index (χ3n) is 4.53. The highest BCUT2D eigenvalue weighted by Gasteiger charge is 2.49. The molecular weight excluding hydrogens is 262 g/mol. The summed E-state index contributed by atoms with van der Waals surface area (Å²) in [6, 6.07) is 12.1. The smallest absolute Gasteiger partial charge is 0.257 e. The molecule has 4 rings (SSSR count). The Morgan fingerprint density at radius 2 is 2.05 bits per heavy atom. The van der Waals surface area contributed by atoms with E-state index < -0.39 is 5.66 Å². The van der Waals surface area contributed by atoms with Gasteiger partial charge in [0.25, 0.3) is 5.91 Å². The van der Waals surface area contributed by atoms with Crippen molar-refractivity contribution >= 4 is 5.91 Å². The molecule has 21 heavy (non-hydrogen) atoms. The summed E-state index contributed by atoms with van der Waals surface area (Å²) in [6.07, 6.45) is 2.48. The number of nitrogens with one attached hydrogen (secondary N) is 1. The Morgan fingerprint density at radius 3 is 2.86 bits per heavy atom. The number of benzene rings is 1. The molecule has 4 heteroatoms. The Bertz CT molecular complexity index is 710. The van der Waals surface area contributed by atoms with Gasteiger partial charge >= 0.3 is 0 Å². The van der Waals surface area contributed by atoms with Gasteiger partial charge in [0, 0.05) is 25.7 Å². The van der Waals surface area contributed by atoms with Crippen LogP contribution in [0.2, 0.25) is 0 Å². The van der Waals surface area contributed by atoms with Crippen LogP contribution in [0.15, 0.2) is 42.6 Å². The molecule has 1 atom stereocenters. The van der Waals surface area contributed by atoms with Crippen molar-refractivity contribution in [3.05, 3.63) is 65.0 Å². The van der Waals surface area contributed by atoms with Crippen molar-refractivity contribution < 1.29 is 4.79 Å². The third kappa shape index (κ3) is 1.72. The van der Waals surface area contributed by atoms with Crippen LogP contribution in [0.25, 0.3) is 0 Å². The quantitative estimate of drug-likeness (QED) is 0.866. The molecule has 0 spiro atoms. The van der Waals surface area contributed by atoms with Gasteiger partial charge in [-0.25, -0.2) is 0 Å². The van der Waals surface area contributed by atoms with E-state index in [1.165, 1.54) is 5.56 Å². The van der Waals surface area contributed by atoms with Gasteiger partial charge in [-0.05, 0) is 24.6 Å². The fraction of sp³-hybridized carbons (Fsp3) is 0.294. The maximum absolute atomic E-state index is 12.8. The molecule has 1 fully saturated rings. The first-order valence-corrected chi connectivity index (χ1v) is 7.29. The number of amides is 1. The van der Waals surface area contributed by atoms with E-state index in [0.717, 1.165) is 36.3 Å². The zero-order chi connectivity index (χ0) is 14.4. The van der Waals surface area contributed by atoms with Crippen LogP contribution in [0.1, 0.15) is 27.2 Å². The summed E-state index contributed by atoms with van der Waals surface area (Å²) in [4.78, 5) is 19.2. The standard InChI is InChI=1S/C17H17N3O/c1-12-4-6-13(7-5-12)17-11-15-14(3-2-8-18-15)16(21)20(17)10-9-19-17/h2-8,19H,9-11H2,1H3. The van der Waals surface area contributed by atoms with Gasteiger partial charge < -0.3 is 4.90 Å². The van der Waals surface area contributed by atoms with E-state index in [2.05, 4.69) is 41.5 Å². The number of fused-ring (bicyclic) bond motifs is 2. The molecule has 1 aromatic heterocycles. The molecule has 2 aromatic rings. The van der Waals surface area contributed by atoms with E-state index in [1.807, 2.05) is 17.0 Å². The van der Waals surface area contributed by atoms with Gasteiger partial charge in [-0.2, -0.15) is 0 Å². The Labute approximate surface area is 123 Å². The molecule has 0 saturated carbocycles. The highest BCUT2D eigenvalue weighted by molar-refractivity contribution is 5.97. The first kappa shape index (κ1) is 12.5. The van der Waals surface area contributed by atoms with E-state index in [-0.39, 0.29) is 5.91 Å². The number of pyridine rings is 1. The first-order valence-electron chi connectivity index (χ1n) is 7.29. The van der Waals surface area contributed by atoms with E-state index in [9.17, 15) is 4.79 Å². The zero-order valence-electron chi connectivity index (χ0n) is 12.0. The average Bonchev–Trinajstić information content (AvgIpc) is 2.93. The normalized spacial score (nSPS) is 23.9. The summed E-state index contributed by atoms with van der Waals surface area (Å²) >= 11 is 0. The second-order valence-electron chi connectivity index (χ2n) is 5.78. The highest BCUT2D eigenvalue weighted by Crippen LogP contribution is 2.38. The van der Waals surface area contributed by atoms with Crippen molar-refractivity contribution in [3.63, 3.8) is 0 Å². The number of nitrogens with zero attached hydrogens (tertiary/aromatic N) is 2. The predicted molar refractivity (Wildman–Crippen MR) is 79.8 cm³/mol. The summed E-state index contributed by atoms with van der Waals surface area (Å²) in [7, 11) is 0. The van der Waals surface area contributed by atoms with Gasteiger partial charge in [0.15, 0.2) is 0 Å². The van der Waals surface area contributed by atoms with Crippen LogP contribution in [0.3, 0.4) is 0 Å². The minimum absolute atomic E-state index is 0.0786. The van der Waals surface area contributed by atoms with Gasteiger partial charge in [0.05, 0.1) is 11.3 Å². The van der Waals surface area contributed by atoms with Crippen LogP contribution in [-0.2, 0) is 12.1 Å². The SMILES string of the molecule is Cc1ccc(C23Cc4ncccc4C(=O)N2CCN3)cc1. The van der Waals surface area contributed by atoms with Crippen molar-refractivity contribution in [1.29, 1.82) is 0 Å². The average molecular weight is 279 g/mol. The molecule has 4 nitrogen and oxygen atoms in total. The Kier molecular flexibility index (Phi) is 2.62. The lowest BCUT2D eigenvalue weighted by Gasteiger charge is -2.42.